The van der Waals surface area contributed by atoms with E-state index in [0.717, 1.165) is 38.1 Å². The van der Waals surface area contributed by atoms with Gasteiger partial charge in [-0.1, -0.05) is 45.0 Å². The van der Waals surface area contributed by atoms with Gasteiger partial charge in [0.1, 0.15) is 0 Å². The molecule has 0 fully saturated rings. The third kappa shape index (κ3) is 6.62. The third-order valence-corrected chi connectivity index (χ3v) is 11.6. The number of esters is 1. The summed E-state index contributed by atoms with van der Waals surface area (Å²) in [4.78, 5) is 18.3. The van der Waals surface area contributed by atoms with Crippen LogP contribution in [-0.4, -0.2) is 44.4 Å². The van der Waals surface area contributed by atoms with Crippen LogP contribution in [-0.2, 0) is 26.9 Å². The number of rotatable bonds is 9. The molecule has 0 aliphatic heterocycles. The van der Waals surface area contributed by atoms with Gasteiger partial charge in [0.05, 0.1) is 7.11 Å². The summed E-state index contributed by atoms with van der Waals surface area (Å²) in [5, 5.41) is 0.204. The maximum atomic E-state index is 11.4. The number of aryl methyl sites for hydroxylation is 1. The fourth-order valence-corrected chi connectivity index (χ4v) is 5.07. The Morgan fingerprint density at radius 1 is 1.27 bits per heavy atom. The standard InChI is InChI=1S/C27H38N2O3Si/c1-27(2,3)33(5,6)32-17-16-29(20-22-8-7-15-28-19-22)25-13-11-23-18-21(9-12-24(23)25)10-14-26(30)31-4/h7-10,12,14-15,18-19,25H,11,13,16-17,20H2,1-6H3. The van der Waals surface area contributed by atoms with E-state index < -0.39 is 8.32 Å². The highest BCUT2D eigenvalue weighted by molar-refractivity contribution is 6.74. The largest absolute Gasteiger partial charge is 0.466 e. The molecule has 2 aromatic rings. The predicted octanol–water partition coefficient (Wildman–Crippen LogP) is 5.78. The molecule has 178 valence electrons. The topological polar surface area (TPSA) is 51.7 Å². The van der Waals surface area contributed by atoms with Gasteiger partial charge in [-0.05, 0) is 65.4 Å². The Hall–Kier alpha value is -2.28. The van der Waals surface area contributed by atoms with E-state index in [9.17, 15) is 4.79 Å². The molecule has 1 aliphatic rings. The van der Waals surface area contributed by atoms with Crippen molar-refractivity contribution in [3.63, 3.8) is 0 Å². The molecule has 1 aromatic carbocycles. The summed E-state index contributed by atoms with van der Waals surface area (Å²) in [6.07, 6.45) is 9.19. The lowest BCUT2D eigenvalue weighted by Crippen LogP contribution is -2.43. The number of methoxy groups -OCH3 is 1. The zero-order valence-electron chi connectivity index (χ0n) is 20.9. The predicted molar refractivity (Wildman–Crippen MR) is 136 cm³/mol. The molecule has 0 N–H and O–H groups in total. The van der Waals surface area contributed by atoms with Crippen molar-refractivity contribution in [1.82, 2.24) is 9.88 Å². The molecule has 1 unspecified atom stereocenters. The van der Waals surface area contributed by atoms with Crippen LogP contribution in [0.25, 0.3) is 6.08 Å². The van der Waals surface area contributed by atoms with Gasteiger partial charge >= 0.3 is 5.97 Å². The van der Waals surface area contributed by atoms with Crippen LogP contribution in [0.2, 0.25) is 18.1 Å². The number of hydrogen-bond acceptors (Lipinski definition) is 5. The molecule has 33 heavy (non-hydrogen) atoms. The Morgan fingerprint density at radius 3 is 2.73 bits per heavy atom. The average molecular weight is 467 g/mol. The Morgan fingerprint density at radius 2 is 2.06 bits per heavy atom. The lowest BCUT2D eigenvalue weighted by Gasteiger charge is -2.37. The van der Waals surface area contributed by atoms with Gasteiger partial charge in [0.2, 0.25) is 0 Å². The maximum Gasteiger partial charge on any atom is 0.330 e. The van der Waals surface area contributed by atoms with Crippen LogP contribution in [0.4, 0.5) is 0 Å². The van der Waals surface area contributed by atoms with Crippen LogP contribution < -0.4 is 0 Å². The second kappa shape index (κ2) is 10.8. The number of pyridine rings is 1. The van der Waals surface area contributed by atoms with E-state index in [0.29, 0.717) is 6.04 Å². The Balaban J connectivity index is 1.77. The molecule has 0 saturated carbocycles. The molecule has 0 saturated heterocycles. The molecule has 1 aromatic heterocycles. The average Bonchev–Trinajstić information content (AvgIpc) is 3.19. The van der Waals surface area contributed by atoms with E-state index in [1.54, 1.807) is 0 Å². The van der Waals surface area contributed by atoms with Gasteiger partial charge < -0.3 is 9.16 Å². The van der Waals surface area contributed by atoms with E-state index >= 15 is 0 Å². The minimum atomic E-state index is -1.79. The molecule has 6 heteroatoms. The van der Waals surface area contributed by atoms with Gasteiger partial charge in [0, 0.05) is 44.2 Å². The monoisotopic (exact) mass is 466 g/mol. The van der Waals surface area contributed by atoms with Crippen LogP contribution in [0.1, 0.15) is 55.5 Å². The molecule has 1 atom stereocenters. The first kappa shape index (κ1) is 25.3. The van der Waals surface area contributed by atoms with E-state index in [1.807, 2.05) is 24.5 Å². The molecule has 1 heterocycles. The van der Waals surface area contributed by atoms with Crippen molar-refractivity contribution in [3.05, 3.63) is 71.1 Å². The first-order chi connectivity index (χ1) is 15.6. The van der Waals surface area contributed by atoms with Crippen molar-refractivity contribution in [1.29, 1.82) is 0 Å². The highest BCUT2D eigenvalue weighted by atomic mass is 28.4. The summed E-state index contributed by atoms with van der Waals surface area (Å²) >= 11 is 0. The van der Waals surface area contributed by atoms with E-state index in [2.05, 4.69) is 68.0 Å². The quantitative estimate of drug-likeness (QED) is 0.266. The number of carbonyl (C=O) groups is 1. The summed E-state index contributed by atoms with van der Waals surface area (Å²) in [7, 11) is -0.394. The second-order valence-electron chi connectivity index (χ2n) is 10.3. The van der Waals surface area contributed by atoms with Crippen molar-refractivity contribution in [3.8, 4) is 0 Å². The lowest BCUT2D eigenvalue weighted by molar-refractivity contribution is -0.134. The number of fused-ring (bicyclic) bond motifs is 1. The molecule has 5 nitrogen and oxygen atoms in total. The van der Waals surface area contributed by atoms with Crippen molar-refractivity contribution >= 4 is 20.4 Å². The highest BCUT2D eigenvalue weighted by Gasteiger charge is 2.37. The maximum absolute atomic E-state index is 11.4. The molecule has 1 aliphatic carbocycles. The van der Waals surface area contributed by atoms with E-state index in [-0.39, 0.29) is 11.0 Å². The Kier molecular flexibility index (Phi) is 8.27. The van der Waals surface area contributed by atoms with Crippen molar-refractivity contribution in [2.24, 2.45) is 0 Å². The van der Waals surface area contributed by atoms with Crippen LogP contribution in [0.3, 0.4) is 0 Å². The number of aromatic nitrogens is 1. The summed E-state index contributed by atoms with van der Waals surface area (Å²) in [6, 6.07) is 11.0. The minimum absolute atomic E-state index is 0.204. The molecule has 0 bridgehead atoms. The van der Waals surface area contributed by atoms with Crippen LogP contribution in [0.5, 0.6) is 0 Å². The number of nitrogens with zero attached hydrogens (tertiary/aromatic N) is 2. The SMILES string of the molecule is COC(=O)C=Cc1ccc2c(c1)CCC2N(CCO[Si](C)(C)C(C)(C)C)Cc1cccnc1. The minimum Gasteiger partial charge on any atom is -0.466 e. The molecular formula is C27H38N2O3Si. The van der Waals surface area contributed by atoms with Crippen molar-refractivity contribution in [2.75, 3.05) is 20.3 Å². The van der Waals surface area contributed by atoms with Crippen LogP contribution >= 0.6 is 0 Å². The summed E-state index contributed by atoms with van der Waals surface area (Å²) in [5.41, 5.74) is 4.98. The van der Waals surface area contributed by atoms with Crippen LogP contribution in [0.15, 0.2) is 48.8 Å². The summed E-state index contributed by atoms with van der Waals surface area (Å²) < 4.78 is 11.2. The molecule has 3 rings (SSSR count). The van der Waals surface area contributed by atoms with Gasteiger partial charge in [-0.3, -0.25) is 9.88 Å². The summed E-state index contributed by atoms with van der Waals surface area (Å²) in [5.74, 6) is -0.335. The van der Waals surface area contributed by atoms with Crippen molar-refractivity contribution < 1.29 is 14.0 Å². The fraction of sp³-hybridized carbons (Fsp3) is 0.481. The molecule has 0 radical (unpaired) electrons. The molecule has 0 spiro atoms. The molecule has 0 amide bonds. The zero-order chi connectivity index (χ0) is 24.1. The highest BCUT2D eigenvalue weighted by Crippen LogP contribution is 2.38. The van der Waals surface area contributed by atoms with Crippen LogP contribution in [0, 0.1) is 0 Å². The fourth-order valence-electron chi connectivity index (χ4n) is 4.04. The zero-order valence-corrected chi connectivity index (χ0v) is 21.9. The number of hydrogen-bond donors (Lipinski definition) is 0. The smallest absolute Gasteiger partial charge is 0.330 e. The number of benzene rings is 1. The van der Waals surface area contributed by atoms with Gasteiger partial charge in [-0.2, -0.15) is 0 Å². The molecular weight excluding hydrogens is 428 g/mol. The first-order valence-corrected chi connectivity index (χ1v) is 14.7. The van der Waals surface area contributed by atoms with E-state index in [4.69, 9.17) is 9.16 Å². The van der Waals surface area contributed by atoms with Gasteiger partial charge in [0.25, 0.3) is 0 Å². The number of carbonyl (C=O) groups excluding carboxylic acids is 1. The lowest BCUT2D eigenvalue weighted by atomic mass is 10.0. The Bertz CT molecular complexity index is 967. The first-order valence-electron chi connectivity index (χ1n) is 11.8. The van der Waals surface area contributed by atoms with Gasteiger partial charge in [-0.25, -0.2) is 4.79 Å². The van der Waals surface area contributed by atoms with Gasteiger partial charge in [0.15, 0.2) is 8.32 Å². The summed E-state index contributed by atoms with van der Waals surface area (Å²) in [6.45, 7) is 13.9. The van der Waals surface area contributed by atoms with Crippen molar-refractivity contribution in [2.45, 2.75) is 64.3 Å². The third-order valence-electron chi connectivity index (χ3n) is 7.02. The normalized spacial score (nSPS) is 16.4. The second-order valence-corrected chi connectivity index (χ2v) is 15.1. The number of ether oxygens (including phenoxy) is 1. The van der Waals surface area contributed by atoms with Gasteiger partial charge in [-0.15, -0.1) is 0 Å². The van der Waals surface area contributed by atoms with E-state index in [1.165, 1.54) is 29.9 Å². The Labute approximate surface area is 200 Å².